The molecule has 1 heterocycles. The Balaban J connectivity index is 2.86. The molecule has 1 aromatic carbocycles. The average molecular weight is 160 g/mol. The molecule has 1 N–H and O–H groups in total. The Hall–Kier alpha value is -1.57. The van der Waals surface area contributed by atoms with Crippen LogP contribution < -0.4 is 0 Å². The maximum Gasteiger partial charge on any atom is 0.161 e. The van der Waals surface area contributed by atoms with Crippen LogP contribution in [0.25, 0.3) is 10.9 Å². The average Bonchev–Trinajstić information content (AvgIpc) is 2.49. The summed E-state index contributed by atoms with van der Waals surface area (Å²) < 4.78 is 7.64. The summed E-state index contributed by atoms with van der Waals surface area (Å²) in [5.41, 5.74) is 1.44. The third kappa shape index (κ3) is 0.925. The van der Waals surface area contributed by atoms with Crippen LogP contribution in [0.15, 0.2) is 30.4 Å². The molecule has 0 unspecified atom stereocenters. The molecule has 0 spiro atoms. The molecule has 0 saturated carbocycles. The Morgan fingerprint density at radius 1 is 1.58 bits per heavy atom. The van der Waals surface area contributed by atoms with Gasteiger partial charge < -0.3 is 4.98 Å². The third-order valence-electron chi connectivity index (χ3n) is 1.88. The van der Waals surface area contributed by atoms with Crippen molar-refractivity contribution in [1.29, 1.82) is 0 Å². The molecule has 12 heavy (non-hydrogen) atoms. The van der Waals surface area contributed by atoms with E-state index >= 15 is 0 Å². The first-order chi connectivity index (χ1) is 6.20. The van der Waals surface area contributed by atoms with Gasteiger partial charge in [0.15, 0.2) is 5.78 Å². The molecule has 2 rings (SSSR count). The second-order valence-corrected chi connectivity index (χ2v) is 2.72. The van der Waals surface area contributed by atoms with Gasteiger partial charge in [0.2, 0.25) is 0 Å². The standard InChI is InChI=1S/C10H9NO/c1-7(12)9-6-11-10-5-3-2-4-8(9)10/h2-6,11H,1H3/i4D. The van der Waals surface area contributed by atoms with Gasteiger partial charge in [-0.05, 0) is 13.0 Å². The number of carbonyl (C=O) groups excluding carboxylic acids is 1. The zero-order chi connectivity index (χ0) is 9.42. The quantitative estimate of drug-likeness (QED) is 0.638. The number of carbonyl (C=O) groups is 1. The first-order valence-corrected chi connectivity index (χ1v) is 3.78. The van der Waals surface area contributed by atoms with Gasteiger partial charge in [-0.15, -0.1) is 0 Å². The highest BCUT2D eigenvalue weighted by Crippen LogP contribution is 2.17. The predicted molar refractivity (Wildman–Crippen MR) is 48.3 cm³/mol. The van der Waals surface area contributed by atoms with E-state index in [9.17, 15) is 4.79 Å². The molecule has 2 heteroatoms. The van der Waals surface area contributed by atoms with Crippen LogP contribution in [-0.2, 0) is 0 Å². The van der Waals surface area contributed by atoms with Crippen molar-refractivity contribution in [2.24, 2.45) is 0 Å². The zero-order valence-electron chi connectivity index (χ0n) is 7.72. The Morgan fingerprint density at radius 3 is 3.17 bits per heavy atom. The van der Waals surface area contributed by atoms with Gasteiger partial charge in [0, 0.05) is 22.7 Å². The number of para-hydroxylation sites is 1. The van der Waals surface area contributed by atoms with Gasteiger partial charge >= 0.3 is 0 Å². The second kappa shape index (κ2) is 2.48. The number of aromatic amines is 1. The predicted octanol–water partition coefficient (Wildman–Crippen LogP) is 2.37. The number of hydrogen-bond acceptors (Lipinski definition) is 1. The molecule has 60 valence electrons. The van der Waals surface area contributed by atoms with Crippen molar-refractivity contribution >= 4 is 16.7 Å². The second-order valence-electron chi connectivity index (χ2n) is 2.72. The highest BCUT2D eigenvalue weighted by Gasteiger charge is 2.05. The van der Waals surface area contributed by atoms with E-state index in [-0.39, 0.29) is 5.78 Å². The lowest BCUT2D eigenvalue weighted by molar-refractivity contribution is 0.101. The van der Waals surface area contributed by atoms with Gasteiger partial charge in [-0.25, -0.2) is 0 Å². The molecular formula is C10H9NO. The van der Waals surface area contributed by atoms with Crippen LogP contribution >= 0.6 is 0 Å². The SMILES string of the molecule is [2H]c1cccc2[nH]cc(C(C)=O)c12. The van der Waals surface area contributed by atoms with Gasteiger partial charge in [-0.3, -0.25) is 4.79 Å². The van der Waals surface area contributed by atoms with E-state index in [0.717, 1.165) is 10.9 Å². The fourth-order valence-corrected chi connectivity index (χ4v) is 1.28. The summed E-state index contributed by atoms with van der Waals surface area (Å²) in [6.45, 7) is 1.51. The highest BCUT2D eigenvalue weighted by molar-refractivity contribution is 6.06. The number of hydrogen-bond donors (Lipinski definition) is 1. The Morgan fingerprint density at radius 2 is 2.42 bits per heavy atom. The smallest absolute Gasteiger partial charge is 0.161 e. The van der Waals surface area contributed by atoms with Crippen molar-refractivity contribution < 1.29 is 6.17 Å². The number of H-pyrrole nitrogens is 1. The number of benzene rings is 1. The van der Waals surface area contributed by atoms with Gasteiger partial charge in [0.05, 0.1) is 1.37 Å². The van der Waals surface area contributed by atoms with E-state index in [1.165, 1.54) is 6.92 Å². The van der Waals surface area contributed by atoms with Gasteiger partial charge in [0.1, 0.15) is 0 Å². The van der Waals surface area contributed by atoms with Gasteiger partial charge in [-0.1, -0.05) is 18.2 Å². The Bertz CT molecular complexity index is 473. The lowest BCUT2D eigenvalue weighted by Gasteiger charge is -1.90. The highest BCUT2D eigenvalue weighted by atomic mass is 16.1. The van der Waals surface area contributed by atoms with Crippen LogP contribution in [0.3, 0.4) is 0 Å². The third-order valence-corrected chi connectivity index (χ3v) is 1.88. The summed E-state index contributed by atoms with van der Waals surface area (Å²) in [5, 5.41) is 0.718. The van der Waals surface area contributed by atoms with E-state index in [1.54, 1.807) is 18.3 Å². The van der Waals surface area contributed by atoms with Gasteiger partial charge in [0.25, 0.3) is 0 Å². The lowest BCUT2D eigenvalue weighted by atomic mass is 10.1. The van der Waals surface area contributed by atoms with Crippen LogP contribution in [0.5, 0.6) is 0 Å². The molecule has 0 atom stereocenters. The van der Waals surface area contributed by atoms with Crippen molar-refractivity contribution in [3.8, 4) is 0 Å². The summed E-state index contributed by atoms with van der Waals surface area (Å²) in [7, 11) is 0. The monoisotopic (exact) mass is 160 g/mol. The number of rotatable bonds is 1. The fraction of sp³-hybridized carbons (Fsp3) is 0.100. The first kappa shape index (κ1) is 6.00. The van der Waals surface area contributed by atoms with Gasteiger partial charge in [-0.2, -0.15) is 0 Å². The molecule has 0 amide bonds. The molecule has 0 aliphatic heterocycles. The van der Waals surface area contributed by atoms with Crippen LogP contribution in [0.4, 0.5) is 0 Å². The van der Waals surface area contributed by atoms with E-state index < -0.39 is 0 Å². The minimum Gasteiger partial charge on any atom is -0.360 e. The maximum absolute atomic E-state index is 11.2. The number of nitrogens with one attached hydrogen (secondary N) is 1. The summed E-state index contributed by atoms with van der Waals surface area (Å²) in [5.74, 6) is -0.00838. The van der Waals surface area contributed by atoms with E-state index in [4.69, 9.17) is 1.37 Å². The summed E-state index contributed by atoms with van der Waals surface area (Å²) in [6.07, 6.45) is 1.66. The maximum atomic E-state index is 11.2. The van der Waals surface area contributed by atoms with Crippen molar-refractivity contribution in [2.45, 2.75) is 6.92 Å². The van der Waals surface area contributed by atoms with E-state index in [1.807, 2.05) is 6.07 Å². The molecule has 1 aromatic heterocycles. The minimum atomic E-state index is -0.00838. The topological polar surface area (TPSA) is 32.9 Å². The molecule has 0 fully saturated rings. The van der Waals surface area contributed by atoms with Crippen LogP contribution in [0, 0.1) is 0 Å². The fourth-order valence-electron chi connectivity index (χ4n) is 1.28. The molecule has 2 aromatic rings. The molecule has 0 aliphatic carbocycles. The summed E-state index contributed by atoms with van der Waals surface area (Å²) in [4.78, 5) is 14.1. The number of ketones is 1. The van der Waals surface area contributed by atoms with E-state index in [2.05, 4.69) is 4.98 Å². The molecule has 2 nitrogen and oxygen atoms in total. The minimum absolute atomic E-state index is 0.00838. The van der Waals surface area contributed by atoms with Crippen LogP contribution in [0.1, 0.15) is 18.7 Å². The molecule has 0 bridgehead atoms. The molecule has 0 saturated heterocycles. The van der Waals surface area contributed by atoms with E-state index in [0.29, 0.717) is 11.6 Å². The lowest BCUT2D eigenvalue weighted by Crippen LogP contribution is -1.87. The zero-order valence-corrected chi connectivity index (χ0v) is 6.72. The molecule has 0 aliphatic rings. The van der Waals surface area contributed by atoms with Crippen molar-refractivity contribution in [3.05, 3.63) is 36.0 Å². The molecular weight excluding hydrogens is 150 g/mol. The number of aromatic nitrogens is 1. The van der Waals surface area contributed by atoms with Crippen molar-refractivity contribution in [3.63, 3.8) is 0 Å². The summed E-state index contributed by atoms with van der Waals surface area (Å²) in [6, 6.07) is 5.73. The first-order valence-electron chi connectivity index (χ1n) is 4.28. The van der Waals surface area contributed by atoms with Crippen molar-refractivity contribution in [2.75, 3.05) is 0 Å². The summed E-state index contributed by atoms with van der Waals surface area (Å²) >= 11 is 0. The Kier molecular flexibility index (Phi) is 1.24. The number of Topliss-reactive ketones (excluding diaryl/α,β-unsaturated/α-hetero) is 1. The normalized spacial score (nSPS) is 11.6. The van der Waals surface area contributed by atoms with Crippen LogP contribution in [0.2, 0.25) is 0 Å². The number of fused-ring (bicyclic) bond motifs is 1. The van der Waals surface area contributed by atoms with Crippen molar-refractivity contribution in [1.82, 2.24) is 4.98 Å². The molecule has 0 radical (unpaired) electrons. The Labute approximate surface area is 71.6 Å². The largest absolute Gasteiger partial charge is 0.360 e. The van der Waals surface area contributed by atoms with Crippen LogP contribution in [-0.4, -0.2) is 10.8 Å².